The van der Waals surface area contributed by atoms with Crippen LogP contribution >= 0.6 is 12.4 Å². The summed E-state index contributed by atoms with van der Waals surface area (Å²) in [6, 6.07) is 17.7. The molecule has 0 heterocycles. The first-order valence-electron chi connectivity index (χ1n) is 9.29. The first kappa shape index (κ1) is 23.0. The van der Waals surface area contributed by atoms with Crippen LogP contribution < -0.4 is 15.8 Å². The van der Waals surface area contributed by atoms with Gasteiger partial charge < -0.3 is 15.8 Å². The Morgan fingerprint density at radius 3 is 2.26 bits per heavy atom. The van der Waals surface area contributed by atoms with Crippen LogP contribution in [0.15, 0.2) is 54.6 Å². The Labute approximate surface area is 168 Å². The van der Waals surface area contributed by atoms with Crippen LogP contribution in [0, 0.1) is 0 Å². The van der Waals surface area contributed by atoms with Crippen molar-refractivity contribution in [2.24, 2.45) is 5.73 Å². The number of halogens is 1. The van der Waals surface area contributed by atoms with Gasteiger partial charge >= 0.3 is 0 Å². The highest BCUT2D eigenvalue weighted by molar-refractivity contribution is 5.85. The van der Waals surface area contributed by atoms with Crippen LogP contribution in [0.25, 0.3) is 0 Å². The number of carbonyl (C=O) groups is 1. The van der Waals surface area contributed by atoms with E-state index >= 15 is 0 Å². The van der Waals surface area contributed by atoms with E-state index < -0.39 is 0 Å². The number of carbonyl (C=O) groups excluding carboxylic acids is 1. The normalized spacial score (nSPS) is 12.8. The molecule has 2 unspecified atom stereocenters. The molecule has 0 saturated heterocycles. The van der Waals surface area contributed by atoms with Crippen LogP contribution in [0.4, 0.5) is 0 Å². The van der Waals surface area contributed by atoms with Gasteiger partial charge in [-0.1, -0.05) is 42.5 Å². The molecule has 0 radical (unpaired) electrons. The average molecular weight is 391 g/mol. The molecule has 27 heavy (non-hydrogen) atoms. The number of hydrogen-bond acceptors (Lipinski definition) is 3. The van der Waals surface area contributed by atoms with Gasteiger partial charge in [0, 0.05) is 18.5 Å². The molecule has 0 fully saturated rings. The fraction of sp³-hybridized carbons (Fsp3) is 0.409. The highest BCUT2D eigenvalue weighted by atomic mass is 35.5. The van der Waals surface area contributed by atoms with E-state index in [0.29, 0.717) is 6.42 Å². The maximum Gasteiger partial charge on any atom is 0.222 e. The number of aryl methyl sites for hydroxylation is 1. The predicted molar refractivity (Wildman–Crippen MR) is 113 cm³/mol. The van der Waals surface area contributed by atoms with E-state index in [4.69, 9.17) is 10.5 Å². The van der Waals surface area contributed by atoms with Crippen molar-refractivity contribution < 1.29 is 9.53 Å². The van der Waals surface area contributed by atoms with Crippen molar-refractivity contribution in [2.45, 2.75) is 58.2 Å². The van der Waals surface area contributed by atoms with E-state index in [9.17, 15) is 4.79 Å². The van der Waals surface area contributed by atoms with Crippen molar-refractivity contribution in [3.05, 3.63) is 65.7 Å². The Bertz CT molecular complexity index is 674. The molecule has 2 rings (SSSR count). The molecule has 2 atom stereocenters. The minimum absolute atomic E-state index is 0. The standard InChI is InChI=1S/C22H30N2O2.ClH/c1-16(2)26-20-13-11-18(12-14-20)10-9-17(3)24-22(25)15-21(23)19-7-5-4-6-8-19;/h4-8,11-14,16-17,21H,9-10,15,23H2,1-3H3,(H,24,25);1H. The molecule has 0 aliphatic heterocycles. The number of benzene rings is 2. The van der Waals surface area contributed by atoms with Gasteiger partial charge in [-0.25, -0.2) is 0 Å². The Balaban J connectivity index is 0.00000364. The molecule has 0 spiro atoms. The van der Waals surface area contributed by atoms with Gasteiger partial charge in [0.2, 0.25) is 5.91 Å². The Hall–Kier alpha value is -2.04. The minimum Gasteiger partial charge on any atom is -0.491 e. The lowest BCUT2D eigenvalue weighted by atomic mass is 10.0. The Morgan fingerprint density at radius 1 is 1.04 bits per heavy atom. The molecular formula is C22H31ClN2O2. The summed E-state index contributed by atoms with van der Waals surface area (Å²) in [6.07, 6.45) is 2.28. The fourth-order valence-corrected chi connectivity index (χ4v) is 2.81. The predicted octanol–water partition coefficient (Wildman–Crippen LogP) is 4.42. The molecule has 148 valence electrons. The molecule has 1 amide bonds. The highest BCUT2D eigenvalue weighted by Crippen LogP contribution is 2.16. The minimum atomic E-state index is -0.267. The topological polar surface area (TPSA) is 64.3 Å². The fourth-order valence-electron chi connectivity index (χ4n) is 2.81. The number of nitrogens with one attached hydrogen (secondary N) is 1. The summed E-state index contributed by atoms with van der Waals surface area (Å²) in [5, 5.41) is 3.04. The Kier molecular flexibility index (Phi) is 9.90. The number of amides is 1. The van der Waals surface area contributed by atoms with Crippen LogP contribution in [0.5, 0.6) is 5.75 Å². The summed E-state index contributed by atoms with van der Waals surface area (Å²) in [6.45, 7) is 6.06. The van der Waals surface area contributed by atoms with Crippen LogP contribution in [-0.2, 0) is 11.2 Å². The zero-order chi connectivity index (χ0) is 18.9. The first-order chi connectivity index (χ1) is 12.4. The SMILES string of the molecule is CC(CCc1ccc(OC(C)C)cc1)NC(=O)CC(N)c1ccccc1.Cl. The van der Waals surface area contributed by atoms with Gasteiger partial charge in [-0.15, -0.1) is 12.4 Å². The second kappa shape index (κ2) is 11.6. The number of nitrogens with two attached hydrogens (primary N) is 1. The molecular weight excluding hydrogens is 360 g/mol. The molecule has 0 aromatic heterocycles. The molecule has 2 aromatic carbocycles. The maximum absolute atomic E-state index is 12.2. The zero-order valence-corrected chi connectivity index (χ0v) is 17.2. The number of rotatable bonds is 9. The average Bonchev–Trinajstić information content (AvgIpc) is 2.61. The molecule has 5 heteroatoms. The van der Waals surface area contributed by atoms with E-state index in [1.807, 2.05) is 63.2 Å². The zero-order valence-electron chi connectivity index (χ0n) is 16.4. The third-order valence-electron chi connectivity index (χ3n) is 4.20. The molecule has 3 N–H and O–H groups in total. The quantitative estimate of drug-likeness (QED) is 0.666. The van der Waals surface area contributed by atoms with Crippen molar-refractivity contribution >= 4 is 18.3 Å². The van der Waals surface area contributed by atoms with Crippen LogP contribution in [-0.4, -0.2) is 18.1 Å². The molecule has 0 bridgehead atoms. The summed E-state index contributed by atoms with van der Waals surface area (Å²) < 4.78 is 5.65. The highest BCUT2D eigenvalue weighted by Gasteiger charge is 2.13. The molecule has 0 aliphatic rings. The van der Waals surface area contributed by atoms with Gasteiger partial charge in [-0.2, -0.15) is 0 Å². The van der Waals surface area contributed by atoms with E-state index in [2.05, 4.69) is 17.4 Å². The van der Waals surface area contributed by atoms with Crippen molar-refractivity contribution in [3.8, 4) is 5.75 Å². The van der Waals surface area contributed by atoms with Crippen molar-refractivity contribution in [1.82, 2.24) is 5.32 Å². The summed E-state index contributed by atoms with van der Waals surface area (Å²) >= 11 is 0. The van der Waals surface area contributed by atoms with E-state index in [1.54, 1.807) is 0 Å². The van der Waals surface area contributed by atoms with E-state index in [-0.39, 0.29) is 36.5 Å². The van der Waals surface area contributed by atoms with Crippen LogP contribution in [0.3, 0.4) is 0 Å². The third-order valence-corrected chi connectivity index (χ3v) is 4.20. The van der Waals surface area contributed by atoms with E-state index in [1.165, 1.54) is 5.56 Å². The molecule has 2 aromatic rings. The van der Waals surface area contributed by atoms with Crippen molar-refractivity contribution in [2.75, 3.05) is 0 Å². The maximum atomic E-state index is 12.2. The lowest BCUT2D eigenvalue weighted by molar-refractivity contribution is -0.122. The van der Waals surface area contributed by atoms with Gasteiger partial charge in [-0.3, -0.25) is 4.79 Å². The molecule has 0 saturated carbocycles. The van der Waals surface area contributed by atoms with Crippen molar-refractivity contribution in [3.63, 3.8) is 0 Å². The van der Waals surface area contributed by atoms with Gasteiger partial charge in [0.25, 0.3) is 0 Å². The van der Waals surface area contributed by atoms with Crippen LogP contribution in [0.1, 0.15) is 50.8 Å². The second-order valence-corrected chi connectivity index (χ2v) is 7.04. The Morgan fingerprint density at radius 2 is 1.67 bits per heavy atom. The van der Waals surface area contributed by atoms with E-state index in [0.717, 1.165) is 24.2 Å². The first-order valence-corrected chi connectivity index (χ1v) is 9.29. The van der Waals surface area contributed by atoms with Crippen LogP contribution in [0.2, 0.25) is 0 Å². The van der Waals surface area contributed by atoms with Gasteiger partial charge in [0.1, 0.15) is 5.75 Å². The van der Waals surface area contributed by atoms with Gasteiger partial charge in [0.05, 0.1) is 6.10 Å². The summed E-state index contributed by atoms with van der Waals surface area (Å²) in [7, 11) is 0. The monoisotopic (exact) mass is 390 g/mol. The lowest BCUT2D eigenvalue weighted by Gasteiger charge is -2.17. The van der Waals surface area contributed by atoms with Gasteiger partial charge in [-0.05, 0) is 56.9 Å². The second-order valence-electron chi connectivity index (χ2n) is 7.04. The third kappa shape index (κ3) is 8.46. The number of hydrogen-bond donors (Lipinski definition) is 2. The van der Waals surface area contributed by atoms with Gasteiger partial charge in [0.15, 0.2) is 0 Å². The number of ether oxygens (including phenoxy) is 1. The summed E-state index contributed by atoms with van der Waals surface area (Å²) in [5.74, 6) is 0.884. The smallest absolute Gasteiger partial charge is 0.222 e. The summed E-state index contributed by atoms with van der Waals surface area (Å²) in [4.78, 5) is 12.2. The molecule has 0 aliphatic carbocycles. The molecule has 4 nitrogen and oxygen atoms in total. The lowest BCUT2D eigenvalue weighted by Crippen LogP contribution is -2.34. The summed E-state index contributed by atoms with van der Waals surface area (Å²) in [5.41, 5.74) is 8.34. The largest absolute Gasteiger partial charge is 0.491 e. The van der Waals surface area contributed by atoms with Crippen molar-refractivity contribution in [1.29, 1.82) is 0 Å².